The first kappa shape index (κ1) is 29.6. The second-order valence-corrected chi connectivity index (χ2v) is 11.3. The minimum absolute atomic E-state index is 0.0871. The Kier molecular flexibility index (Phi) is 8.90. The van der Waals surface area contributed by atoms with Crippen molar-refractivity contribution in [3.63, 3.8) is 0 Å². The highest BCUT2D eigenvalue weighted by Gasteiger charge is 2.60. The quantitative estimate of drug-likeness (QED) is 0.220. The van der Waals surface area contributed by atoms with E-state index in [4.69, 9.17) is 4.74 Å². The number of carbonyl (C=O) groups is 3. The number of imide groups is 1. The van der Waals surface area contributed by atoms with Crippen LogP contribution in [0.25, 0.3) is 0 Å². The Morgan fingerprint density at radius 2 is 1.26 bits per heavy atom. The number of rotatable bonds is 10. The molecule has 0 aromatic heterocycles. The van der Waals surface area contributed by atoms with Crippen LogP contribution < -0.4 is 0 Å². The molecule has 0 radical (unpaired) electrons. The van der Waals surface area contributed by atoms with Crippen LogP contribution in [-0.4, -0.2) is 45.6 Å². The molecule has 2 atom stereocenters. The van der Waals surface area contributed by atoms with Crippen molar-refractivity contribution < 1.29 is 24.2 Å². The van der Waals surface area contributed by atoms with Gasteiger partial charge in [0.1, 0.15) is 0 Å². The molecule has 3 amide bonds. The molecule has 43 heavy (non-hydrogen) atoms. The Bertz CT molecular complexity index is 1490. The molecule has 1 aliphatic heterocycles. The van der Waals surface area contributed by atoms with Crippen LogP contribution in [0.4, 0.5) is 9.59 Å². The molecule has 0 spiro atoms. The molecular formula is C36H36N2O5. The molecule has 0 aliphatic carbocycles. The number of carbonyl (C=O) groups excluding carboxylic acids is 2. The van der Waals surface area contributed by atoms with Gasteiger partial charge < -0.3 is 14.7 Å². The summed E-state index contributed by atoms with van der Waals surface area (Å²) in [5.41, 5.74) is 1.97. The third-order valence-electron chi connectivity index (χ3n) is 8.02. The van der Waals surface area contributed by atoms with Crippen molar-refractivity contribution in [2.45, 2.75) is 38.5 Å². The van der Waals surface area contributed by atoms with E-state index >= 15 is 0 Å². The van der Waals surface area contributed by atoms with Gasteiger partial charge in [0, 0.05) is 24.2 Å². The van der Waals surface area contributed by atoms with E-state index in [2.05, 4.69) is 0 Å². The molecular weight excluding hydrogens is 540 g/mol. The maximum absolute atomic E-state index is 14.6. The molecule has 0 saturated carbocycles. The number of cyclic esters (lactones) is 1. The van der Waals surface area contributed by atoms with Gasteiger partial charge in [-0.25, -0.2) is 14.5 Å². The average Bonchev–Trinajstić information content (AvgIpc) is 3.36. The fourth-order valence-electron chi connectivity index (χ4n) is 6.14. The van der Waals surface area contributed by atoms with Crippen LogP contribution in [0.1, 0.15) is 36.1 Å². The highest BCUT2D eigenvalue weighted by Crippen LogP contribution is 2.47. The van der Waals surface area contributed by atoms with E-state index in [1.165, 1.54) is 9.80 Å². The molecule has 4 aromatic rings. The van der Waals surface area contributed by atoms with Gasteiger partial charge in [-0.3, -0.25) is 4.79 Å². The van der Waals surface area contributed by atoms with Crippen LogP contribution in [0.15, 0.2) is 121 Å². The van der Waals surface area contributed by atoms with Crippen molar-refractivity contribution in [3.05, 3.63) is 144 Å². The SMILES string of the molecule is CC(C)[C@@H]1N(C(=O)[C@H](Cc2ccccc2)CN(Cc2ccccc2)C(=O)O)C(=O)OC1(c1ccccc1)c1ccccc1. The summed E-state index contributed by atoms with van der Waals surface area (Å²) in [6, 6.07) is 37.1. The summed E-state index contributed by atoms with van der Waals surface area (Å²) in [5.74, 6) is -1.48. The first-order chi connectivity index (χ1) is 20.8. The second kappa shape index (κ2) is 12.9. The fourth-order valence-corrected chi connectivity index (χ4v) is 6.14. The molecule has 1 saturated heterocycles. The molecule has 1 heterocycles. The second-order valence-electron chi connectivity index (χ2n) is 11.3. The molecule has 5 rings (SSSR count). The zero-order valence-electron chi connectivity index (χ0n) is 24.4. The molecule has 4 aromatic carbocycles. The molecule has 0 bridgehead atoms. The van der Waals surface area contributed by atoms with Crippen LogP contribution in [0.5, 0.6) is 0 Å². The third-order valence-corrected chi connectivity index (χ3v) is 8.02. The zero-order chi connectivity index (χ0) is 30.4. The molecule has 1 aliphatic rings. The summed E-state index contributed by atoms with van der Waals surface area (Å²) < 4.78 is 6.31. The van der Waals surface area contributed by atoms with Crippen molar-refractivity contribution in [1.29, 1.82) is 0 Å². The molecule has 0 unspecified atom stereocenters. The Balaban J connectivity index is 1.57. The number of carboxylic acid groups (broad SMARTS) is 1. The number of hydrogen-bond donors (Lipinski definition) is 1. The van der Waals surface area contributed by atoms with Crippen molar-refractivity contribution in [1.82, 2.24) is 9.80 Å². The van der Waals surface area contributed by atoms with Crippen molar-refractivity contribution >= 4 is 18.1 Å². The van der Waals surface area contributed by atoms with Crippen LogP contribution >= 0.6 is 0 Å². The van der Waals surface area contributed by atoms with E-state index in [1.807, 2.05) is 135 Å². The Morgan fingerprint density at radius 3 is 1.72 bits per heavy atom. The van der Waals surface area contributed by atoms with Crippen molar-refractivity contribution in [2.24, 2.45) is 11.8 Å². The van der Waals surface area contributed by atoms with Gasteiger partial charge in [-0.05, 0) is 23.5 Å². The topological polar surface area (TPSA) is 87.2 Å². The van der Waals surface area contributed by atoms with E-state index in [1.54, 1.807) is 0 Å². The van der Waals surface area contributed by atoms with E-state index in [0.29, 0.717) is 0 Å². The highest BCUT2D eigenvalue weighted by molar-refractivity contribution is 5.96. The lowest BCUT2D eigenvalue weighted by molar-refractivity contribution is -0.135. The standard InChI is InChI=1S/C36H36N2O5/c1-26(2)32-36(30-19-11-5-12-20-30,31-21-13-6-14-22-31)43-35(42)38(32)33(39)29(23-27-15-7-3-8-16-27)25-37(34(40)41)24-28-17-9-4-10-18-28/h3-22,26,29,32H,23-25H2,1-2H3,(H,40,41)/t29-,32+/m1/s1. The van der Waals surface area contributed by atoms with Crippen LogP contribution in [0.2, 0.25) is 0 Å². The Labute approximate surface area is 252 Å². The summed E-state index contributed by atoms with van der Waals surface area (Å²) in [5, 5.41) is 10.2. The number of amides is 3. The van der Waals surface area contributed by atoms with Gasteiger partial charge in [0.2, 0.25) is 5.91 Å². The largest absolute Gasteiger partial charge is 0.465 e. The smallest absolute Gasteiger partial charge is 0.418 e. The molecule has 220 valence electrons. The van der Waals surface area contributed by atoms with Crippen LogP contribution in [0.3, 0.4) is 0 Å². The van der Waals surface area contributed by atoms with E-state index in [-0.39, 0.29) is 25.4 Å². The molecule has 1 fully saturated rings. The van der Waals surface area contributed by atoms with Crippen LogP contribution in [-0.2, 0) is 28.1 Å². The summed E-state index contributed by atoms with van der Waals surface area (Å²) in [4.78, 5) is 43.5. The van der Waals surface area contributed by atoms with Gasteiger partial charge in [-0.15, -0.1) is 0 Å². The zero-order valence-corrected chi connectivity index (χ0v) is 24.4. The molecule has 7 heteroatoms. The van der Waals surface area contributed by atoms with Gasteiger partial charge in [-0.1, -0.05) is 135 Å². The number of ether oxygens (including phenoxy) is 1. The summed E-state index contributed by atoms with van der Waals surface area (Å²) >= 11 is 0. The lowest BCUT2D eigenvalue weighted by Gasteiger charge is -2.38. The maximum Gasteiger partial charge on any atom is 0.418 e. The van der Waals surface area contributed by atoms with Gasteiger partial charge in [0.05, 0.1) is 12.0 Å². The van der Waals surface area contributed by atoms with Gasteiger partial charge >= 0.3 is 12.2 Å². The normalized spacial score (nSPS) is 16.5. The highest BCUT2D eigenvalue weighted by atomic mass is 16.6. The predicted molar refractivity (Wildman–Crippen MR) is 164 cm³/mol. The lowest BCUT2D eigenvalue weighted by atomic mass is 9.75. The van der Waals surface area contributed by atoms with E-state index in [0.717, 1.165) is 22.3 Å². The number of nitrogens with zero attached hydrogens (tertiary/aromatic N) is 2. The van der Waals surface area contributed by atoms with Crippen molar-refractivity contribution in [2.75, 3.05) is 6.54 Å². The maximum atomic E-state index is 14.6. The first-order valence-corrected chi connectivity index (χ1v) is 14.5. The first-order valence-electron chi connectivity index (χ1n) is 14.5. The van der Waals surface area contributed by atoms with Gasteiger partial charge in [-0.2, -0.15) is 0 Å². The summed E-state index contributed by atoms with van der Waals surface area (Å²) in [7, 11) is 0. The Hall–Kier alpha value is -4.91. The average molecular weight is 577 g/mol. The van der Waals surface area contributed by atoms with E-state index < -0.39 is 35.7 Å². The monoisotopic (exact) mass is 576 g/mol. The van der Waals surface area contributed by atoms with Gasteiger partial charge in [0.25, 0.3) is 0 Å². The number of benzene rings is 4. The summed E-state index contributed by atoms with van der Waals surface area (Å²) in [6.07, 6.45) is -1.61. The molecule has 1 N–H and O–H groups in total. The minimum Gasteiger partial charge on any atom is -0.465 e. The van der Waals surface area contributed by atoms with Crippen molar-refractivity contribution in [3.8, 4) is 0 Å². The third kappa shape index (κ3) is 6.16. The number of hydrogen-bond acceptors (Lipinski definition) is 4. The lowest BCUT2D eigenvalue weighted by Crippen LogP contribution is -2.53. The fraction of sp³-hybridized carbons (Fsp3) is 0.250. The van der Waals surface area contributed by atoms with Crippen LogP contribution in [0, 0.1) is 11.8 Å². The van der Waals surface area contributed by atoms with Gasteiger partial charge in [0.15, 0.2) is 5.60 Å². The van der Waals surface area contributed by atoms with E-state index in [9.17, 15) is 19.5 Å². The molecule has 7 nitrogen and oxygen atoms in total. The Morgan fingerprint density at radius 1 is 0.791 bits per heavy atom. The summed E-state index contributed by atoms with van der Waals surface area (Å²) in [6.45, 7) is 3.97. The minimum atomic E-state index is -1.24. The predicted octanol–water partition coefficient (Wildman–Crippen LogP) is 6.97.